The lowest BCUT2D eigenvalue weighted by Crippen LogP contribution is -2.04. The number of thiazole rings is 1. The maximum absolute atomic E-state index is 4.19. The Hall–Kier alpha value is -2.16. The van der Waals surface area contributed by atoms with Crippen molar-refractivity contribution in [3.63, 3.8) is 0 Å². The molecule has 0 bridgehead atoms. The highest BCUT2D eigenvalue weighted by Gasteiger charge is 2.06. The summed E-state index contributed by atoms with van der Waals surface area (Å²) in [5.74, 6) is 1.25. The number of hydrogen-bond acceptors (Lipinski definition) is 8. The molecule has 0 radical (unpaired) electrons. The summed E-state index contributed by atoms with van der Waals surface area (Å²) in [4.78, 5) is 13.3. The first-order chi connectivity index (χ1) is 7.93. The quantitative estimate of drug-likeness (QED) is 0.667. The van der Waals surface area contributed by atoms with E-state index in [9.17, 15) is 0 Å². The van der Waals surface area contributed by atoms with Gasteiger partial charge in [0.1, 0.15) is 16.7 Å². The number of H-pyrrole nitrogens is 1. The molecule has 0 spiro atoms. The van der Waals surface area contributed by atoms with Crippen LogP contribution in [-0.2, 0) is 6.54 Å². The summed E-state index contributed by atoms with van der Waals surface area (Å²) in [7, 11) is 0. The Morgan fingerprint density at radius 3 is 3.19 bits per heavy atom. The van der Waals surface area contributed by atoms with Crippen LogP contribution in [0.3, 0.4) is 0 Å². The van der Waals surface area contributed by atoms with Gasteiger partial charge in [-0.15, -0.1) is 21.5 Å². The molecule has 3 heterocycles. The molecule has 2 N–H and O–H groups in total. The van der Waals surface area contributed by atoms with Crippen LogP contribution < -0.4 is 5.32 Å². The minimum absolute atomic E-state index is 0.445. The van der Waals surface area contributed by atoms with E-state index in [1.807, 2.05) is 0 Å². The maximum atomic E-state index is 4.19. The molecule has 80 valence electrons. The molecule has 0 aliphatic carbocycles. The summed E-state index contributed by atoms with van der Waals surface area (Å²) < 4.78 is 0. The van der Waals surface area contributed by atoms with Crippen LogP contribution in [0.1, 0.15) is 5.82 Å². The van der Waals surface area contributed by atoms with Crippen molar-refractivity contribution in [3.05, 3.63) is 17.7 Å². The van der Waals surface area contributed by atoms with Gasteiger partial charge in [-0.3, -0.25) is 0 Å². The number of nitrogens with one attached hydrogen (secondary N) is 2. The highest BCUT2D eigenvalue weighted by molar-refractivity contribution is 7.16. The molecule has 16 heavy (non-hydrogen) atoms. The Bertz CT molecular complexity index is 587. The molecule has 0 aliphatic heterocycles. The second-order valence-corrected chi connectivity index (χ2v) is 3.74. The fourth-order valence-electron chi connectivity index (χ4n) is 1.24. The number of fused-ring (bicyclic) bond motifs is 1. The minimum atomic E-state index is 0.445. The van der Waals surface area contributed by atoms with Crippen molar-refractivity contribution < 1.29 is 0 Å². The van der Waals surface area contributed by atoms with Crippen molar-refractivity contribution in [2.24, 2.45) is 0 Å². The summed E-state index contributed by atoms with van der Waals surface area (Å²) in [6, 6.07) is 0. The van der Waals surface area contributed by atoms with E-state index in [1.165, 1.54) is 17.7 Å². The van der Waals surface area contributed by atoms with E-state index in [2.05, 4.69) is 40.9 Å². The highest BCUT2D eigenvalue weighted by Crippen LogP contribution is 2.20. The molecular weight excluding hydrogens is 228 g/mol. The predicted octanol–water partition coefficient (Wildman–Crippen LogP) is 0.211. The van der Waals surface area contributed by atoms with Gasteiger partial charge in [0.25, 0.3) is 0 Å². The Balaban J connectivity index is 1.86. The lowest BCUT2D eigenvalue weighted by atomic mass is 10.5. The molecular formula is C7H6N8S. The Morgan fingerprint density at radius 2 is 2.31 bits per heavy atom. The van der Waals surface area contributed by atoms with Crippen LogP contribution in [-0.4, -0.2) is 35.6 Å². The molecule has 3 aromatic rings. The Kier molecular flexibility index (Phi) is 2.14. The van der Waals surface area contributed by atoms with Crippen LogP contribution in [0.25, 0.3) is 10.3 Å². The number of aromatic nitrogens is 7. The van der Waals surface area contributed by atoms with Crippen molar-refractivity contribution >= 4 is 27.5 Å². The summed E-state index contributed by atoms with van der Waals surface area (Å²) in [6.45, 7) is 0.445. The molecule has 0 saturated carbocycles. The zero-order valence-electron chi connectivity index (χ0n) is 7.95. The van der Waals surface area contributed by atoms with Gasteiger partial charge in [-0.25, -0.2) is 15.0 Å². The average molecular weight is 234 g/mol. The van der Waals surface area contributed by atoms with E-state index in [0.29, 0.717) is 18.2 Å². The standard InChI is InChI=1S/C7H6N8S/c1(4-12-14-15-13-4)8-6-5-7(10-2-9-6)16-3-11-5/h2-3H,1H2,(H,8,9,10)(H,12,13,14,15). The van der Waals surface area contributed by atoms with Gasteiger partial charge in [-0.2, -0.15) is 5.21 Å². The SMILES string of the molecule is c1nc(NCc2nn[nH]n2)c2ncsc2n1. The monoisotopic (exact) mass is 234 g/mol. The summed E-state index contributed by atoms with van der Waals surface area (Å²) in [5.41, 5.74) is 2.50. The summed E-state index contributed by atoms with van der Waals surface area (Å²) in [5, 5.41) is 16.6. The molecule has 0 unspecified atom stereocenters. The smallest absolute Gasteiger partial charge is 0.193 e. The fraction of sp³-hybridized carbons (Fsp3) is 0.143. The van der Waals surface area contributed by atoms with Crippen LogP contribution in [0.4, 0.5) is 5.82 Å². The molecule has 0 aliphatic rings. The molecule has 3 rings (SSSR count). The van der Waals surface area contributed by atoms with E-state index >= 15 is 0 Å². The number of hydrogen-bond donors (Lipinski definition) is 2. The van der Waals surface area contributed by atoms with Crippen LogP contribution in [0.2, 0.25) is 0 Å². The van der Waals surface area contributed by atoms with Crippen molar-refractivity contribution in [1.29, 1.82) is 0 Å². The maximum Gasteiger partial charge on any atom is 0.193 e. The minimum Gasteiger partial charge on any atom is -0.361 e. The molecule has 0 aromatic carbocycles. The van der Waals surface area contributed by atoms with E-state index in [-0.39, 0.29) is 0 Å². The Labute approximate surface area is 93.2 Å². The number of tetrazole rings is 1. The van der Waals surface area contributed by atoms with Gasteiger partial charge < -0.3 is 5.32 Å². The summed E-state index contributed by atoms with van der Waals surface area (Å²) in [6.07, 6.45) is 1.50. The van der Waals surface area contributed by atoms with Crippen LogP contribution >= 0.6 is 11.3 Å². The largest absolute Gasteiger partial charge is 0.361 e. The zero-order valence-corrected chi connectivity index (χ0v) is 8.77. The first kappa shape index (κ1) is 9.09. The van der Waals surface area contributed by atoms with Gasteiger partial charge in [0.15, 0.2) is 11.6 Å². The molecule has 9 heteroatoms. The van der Waals surface area contributed by atoms with Crippen LogP contribution in [0.5, 0.6) is 0 Å². The van der Waals surface area contributed by atoms with Gasteiger partial charge >= 0.3 is 0 Å². The van der Waals surface area contributed by atoms with Gasteiger partial charge in [0.2, 0.25) is 0 Å². The lowest BCUT2D eigenvalue weighted by Gasteiger charge is -2.01. The number of aromatic amines is 1. The van der Waals surface area contributed by atoms with E-state index in [4.69, 9.17) is 0 Å². The van der Waals surface area contributed by atoms with Crippen molar-refractivity contribution in [3.8, 4) is 0 Å². The Morgan fingerprint density at radius 1 is 1.31 bits per heavy atom. The predicted molar refractivity (Wildman–Crippen MR) is 56.7 cm³/mol. The molecule has 0 amide bonds. The lowest BCUT2D eigenvalue weighted by molar-refractivity contribution is 0.881. The van der Waals surface area contributed by atoms with Crippen molar-refractivity contribution in [2.75, 3.05) is 5.32 Å². The molecule has 8 nitrogen and oxygen atoms in total. The molecule has 3 aromatic heterocycles. The van der Waals surface area contributed by atoms with Gasteiger partial charge in [0.05, 0.1) is 12.1 Å². The van der Waals surface area contributed by atoms with E-state index < -0.39 is 0 Å². The molecule has 0 saturated heterocycles. The van der Waals surface area contributed by atoms with Crippen LogP contribution in [0.15, 0.2) is 11.8 Å². The third-order valence-corrected chi connectivity index (χ3v) is 2.67. The number of nitrogens with zero attached hydrogens (tertiary/aromatic N) is 6. The van der Waals surface area contributed by atoms with Crippen molar-refractivity contribution in [2.45, 2.75) is 6.54 Å². The second-order valence-electron chi connectivity index (χ2n) is 2.91. The third-order valence-electron chi connectivity index (χ3n) is 1.94. The number of rotatable bonds is 3. The second kappa shape index (κ2) is 3.77. The summed E-state index contributed by atoms with van der Waals surface area (Å²) >= 11 is 1.47. The van der Waals surface area contributed by atoms with Crippen molar-refractivity contribution in [1.82, 2.24) is 35.6 Å². The topological polar surface area (TPSA) is 105 Å². The zero-order chi connectivity index (χ0) is 10.8. The van der Waals surface area contributed by atoms with Gasteiger partial charge in [0, 0.05) is 0 Å². The van der Waals surface area contributed by atoms with Crippen LogP contribution in [0, 0.1) is 0 Å². The normalized spacial score (nSPS) is 10.8. The number of anilines is 1. The molecule has 0 fully saturated rings. The first-order valence-electron chi connectivity index (χ1n) is 4.44. The fourth-order valence-corrected chi connectivity index (χ4v) is 1.87. The van der Waals surface area contributed by atoms with Gasteiger partial charge in [-0.1, -0.05) is 5.21 Å². The first-order valence-corrected chi connectivity index (χ1v) is 5.32. The van der Waals surface area contributed by atoms with E-state index in [1.54, 1.807) is 5.51 Å². The van der Waals surface area contributed by atoms with Gasteiger partial charge in [-0.05, 0) is 0 Å². The molecule has 0 atom stereocenters. The third kappa shape index (κ3) is 1.56. The average Bonchev–Trinajstić information content (AvgIpc) is 2.97. The highest BCUT2D eigenvalue weighted by atomic mass is 32.1. The van der Waals surface area contributed by atoms with E-state index in [0.717, 1.165) is 10.3 Å².